The Hall–Kier alpha value is -2.04. The number of hydrogen-bond donors (Lipinski definition) is 3. The number of amides is 2. The van der Waals surface area contributed by atoms with Crippen molar-refractivity contribution in [2.45, 2.75) is 18.8 Å². The zero-order valence-electron chi connectivity index (χ0n) is 9.62. The molecular weight excluding hydrogens is 218 g/mol. The summed E-state index contributed by atoms with van der Waals surface area (Å²) in [7, 11) is 0. The van der Waals surface area contributed by atoms with E-state index in [2.05, 4.69) is 10.6 Å². The van der Waals surface area contributed by atoms with Crippen LogP contribution in [0.5, 0.6) is 0 Å². The minimum atomic E-state index is -1.13. The first-order valence-electron chi connectivity index (χ1n) is 5.54. The first kappa shape index (κ1) is 11.4. The fraction of sp³-hybridized carbons (Fsp3) is 0.333. The van der Waals surface area contributed by atoms with Gasteiger partial charge in [-0.1, -0.05) is 19.1 Å². The van der Waals surface area contributed by atoms with Gasteiger partial charge in [0.2, 0.25) is 11.8 Å². The fourth-order valence-corrected chi connectivity index (χ4v) is 2.16. The summed E-state index contributed by atoms with van der Waals surface area (Å²) in [4.78, 5) is 24.1. The van der Waals surface area contributed by atoms with Crippen molar-refractivity contribution in [3.63, 3.8) is 0 Å². The van der Waals surface area contributed by atoms with Crippen molar-refractivity contribution in [3.05, 3.63) is 29.8 Å². The number of benzene rings is 1. The summed E-state index contributed by atoms with van der Waals surface area (Å²) < 4.78 is 0. The van der Waals surface area contributed by atoms with Crippen LogP contribution >= 0.6 is 0 Å². The van der Waals surface area contributed by atoms with E-state index < -0.39 is 5.41 Å². The molecule has 0 saturated carbocycles. The van der Waals surface area contributed by atoms with Gasteiger partial charge in [0.25, 0.3) is 0 Å². The van der Waals surface area contributed by atoms with Crippen molar-refractivity contribution in [1.29, 1.82) is 0 Å². The molecule has 1 fully saturated rings. The number of nitrogens with one attached hydrogen (secondary N) is 2. The molecular formula is C12H15N3O2. The summed E-state index contributed by atoms with van der Waals surface area (Å²) in [5.74, 6) is -0.512. The van der Waals surface area contributed by atoms with Crippen molar-refractivity contribution in [3.8, 4) is 0 Å². The van der Waals surface area contributed by atoms with Crippen LogP contribution in [-0.2, 0) is 15.0 Å². The lowest BCUT2D eigenvalue weighted by atomic mass is 9.75. The molecule has 1 heterocycles. The molecule has 0 bridgehead atoms. The normalized spacial score (nSPS) is 18.4. The highest BCUT2D eigenvalue weighted by Gasteiger charge is 2.47. The van der Waals surface area contributed by atoms with Gasteiger partial charge in [0.15, 0.2) is 5.41 Å². The minimum absolute atomic E-state index is 0.189. The average molecular weight is 233 g/mol. The van der Waals surface area contributed by atoms with Gasteiger partial charge < -0.3 is 16.4 Å². The molecule has 1 aromatic rings. The molecule has 0 aliphatic carbocycles. The monoisotopic (exact) mass is 233 g/mol. The predicted molar refractivity (Wildman–Crippen MR) is 64.0 cm³/mol. The van der Waals surface area contributed by atoms with Crippen molar-refractivity contribution in [2.75, 3.05) is 12.4 Å². The van der Waals surface area contributed by atoms with E-state index in [0.29, 0.717) is 17.7 Å². The molecule has 1 aliphatic heterocycles. The van der Waals surface area contributed by atoms with Gasteiger partial charge >= 0.3 is 0 Å². The second kappa shape index (κ2) is 4.08. The molecule has 4 N–H and O–H groups in total. The molecule has 2 amide bonds. The van der Waals surface area contributed by atoms with Crippen LogP contribution in [-0.4, -0.2) is 18.5 Å². The van der Waals surface area contributed by atoms with E-state index in [0.717, 1.165) is 0 Å². The molecule has 1 saturated heterocycles. The minimum Gasteiger partial charge on any atom is -0.399 e. The summed E-state index contributed by atoms with van der Waals surface area (Å²) in [6.45, 7) is 2.01. The van der Waals surface area contributed by atoms with Gasteiger partial charge in [0, 0.05) is 5.69 Å². The maximum Gasteiger partial charge on any atom is 0.241 e. The summed E-state index contributed by atoms with van der Waals surface area (Å²) >= 11 is 0. The van der Waals surface area contributed by atoms with Crippen LogP contribution in [0, 0.1) is 0 Å². The molecule has 0 unspecified atom stereocenters. The Morgan fingerprint density at radius 2 is 1.71 bits per heavy atom. The fourth-order valence-electron chi connectivity index (χ4n) is 2.16. The van der Waals surface area contributed by atoms with E-state index in [4.69, 9.17) is 5.73 Å². The topological polar surface area (TPSA) is 84.2 Å². The molecule has 5 heteroatoms. The molecule has 0 radical (unpaired) electrons. The zero-order chi connectivity index (χ0) is 12.5. The molecule has 90 valence electrons. The van der Waals surface area contributed by atoms with Gasteiger partial charge in [-0.05, 0) is 24.1 Å². The number of anilines is 1. The van der Waals surface area contributed by atoms with Crippen LogP contribution in [0.25, 0.3) is 0 Å². The standard InChI is InChI=1S/C12H15N3O2/c1-2-12(8-3-5-9(13)6-4-8)10(16)14-7-15-11(12)17/h3-6H,2,7,13H2,1H3,(H,14,16)(H,15,17). The van der Waals surface area contributed by atoms with Crippen LogP contribution in [0.2, 0.25) is 0 Å². The van der Waals surface area contributed by atoms with E-state index in [9.17, 15) is 9.59 Å². The lowest BCUT2D eigenvalue weighted by Crippen LogP contribution is -2.62. The van der Waals surface area contributed by atoms with Crippen LogP contribution in [0.15, 0.2) is 24.3 Å². The summed E-state index contributed by atoms with van der Waals surface area (Å²) in [5.41, 5.74) is 5.75. The number of carbonyl (C=O) groups is 2. The second-order valence-corrected chi connectivity index (χ2v) is 4.07. The third-order valence-electron chi connectivity index (χ3n) is 3.21. The third kappa shape index (κ3) is 1.63. The lowest BCUT2D eigenvalue weighted by molar-refractivity contribution is -0.141. The molecule has 1 aromatic carbocycles. The Bertz CT molecular complexity index is 437. The van der Waals surface area contributed by atoms with E-state index in [1.807, 2.05) is 6.92 Å². The Labute approximate surface area is 99.4 Å². The maximum atomic E-state index is 12.0. The van der Waals surface area contributed by atoms with Crippen molar-refractivity contribution >= 4 is 17.5 Å². The van der Waals surface area contributed by atoms with Gasteiger partial charge in [0.1, 0.15) is 0 Å². The van der Waals surface area contributed by atoms with Gasteiger partial charge in [-0.15, -0.1) is 0 Å². The van der Waals surface area contributed by atoms with Gasteiger partial charge in [-0.2, -0.15) is 0 Å². The largest absolute Gasteiger partial charge is 0.399 e. The molecule has 5 nitrogen and oxygen atoms in total. The SMILES string of the molecule is CCC1(c2ccc(N)cc2)C(=O)NCNC1=O. The van der Waals surface area contributed by atoms with Crippen LogP contribution in [0.1, 0.15) is 18.9 Å². The molecule has 0 aromatic heterocycles. The number of nitrogens with two attached hydrogens (primary N) is 1. The predicted octanol–water partition coefficient (Wildman–Crippen LogP) is 0.120. The van der Waals surface area contributed by atoms with E-state index in [-0.39, 0.29) is 18.5 Å². The number of carbonyl (C=O) groups excluding carboxylic acids is 2. The van der Waals surface area contributed by atoms with E-state index in [1.165, 1.54) is 0 Å². The quantitative estimate of drug-likeness (QED) is 0.501. The van der Waals surface area contributed by atoms with Crippen molar-refractivity contribution < 1.29 is 9.59 Å². The van der Waals surface area contributed by atoms with Crippen LogP contribution < -0.4 is 16.4 Å². The van der Waals surface area contributed by atoms with Crippen molar-refractivity contribution in [1.82, 2.24) is 10.6 Å². The highest BCUT2D eigenvalue weighted by atomic mass is 16.2. The average Bonchev–Trinajstić information content (AvgIpc) is 2.32. The van der Waals surface area contributed by atoms with Gasteiger partial charge in [-0.25, -0.2) is 0 Å². The summed E-state index contributed by atoms with van der Waals surface area (Å²) in [6.07, 6.45) is 0.411. The van der Waals surface area contributed by atoms with Gasteiger partial charge in [0.05, 0.1) is 6.67 Å². The number of nitrogen functional groups attached to an aromatic ring is 1. The highest BCUT2D eigenvalue weighted by molar-refractivity contribution is 6.12. The van der Waals surface area contributed by atoms with Crippen LogP contribution in [0.4, 0.5) is 5.69 Å². The molecule has 2 rings (SSSR count). The Balaban J connectivity index is 2.52. The smallest absolute Gasteiger partial charge is 0.241 e. The van der Waals surface area contributed by atoms with E-state index in [1.54, 1.807) is 24.3 Å². The first-order valence-corrected chi connectivity index (χ1v) is 5.54. The number of hydrogen-bond acceptors (Lipinski definition) is 3. The summed E-state index contributed by atoms with van der Waals surface area (Å²) in [6, 6.07) is 6.84. The maximum absolute atomic E-state index is 12.0. The van der Waals surface area contributed by atoms with Crippen molar-refractivity contribution in [2.24, 2.45) is 0 Å². The Kier molecular flexibility index (Phi) is 2.75. The summed E-state index contributed by atoms with van der Waals surface area (Å²) in [5, 5.41) is 5.33. The molecule has 0 atom stereocenters. The zero-order valence-corrected chi connectivity index (χ0v) is 9.62. The van der Waals surface area contributed by atoms with Gasteiger partial charge in [-0.3, -0.25) is 9.59 Å². The second-order valence-electron chi connectivity index (χ2n) is 4.07. The van der Waals surface area contributed by atoms with Crippen LogP contribution in [0.3, 0.4) is 0 Å². The lowest BCUT2D eigenvalue weighted by Gasteiger charge is -2.34. The van der Waals surface area contributed by atoms with E-state index >= 15 is 0 Å². The Morgan fingerprint density at radius 1 is 1.18 bits per heavy atom. The highest BCUT2D eigenvalue weighted by Crippen LogP contribution is 2.30. The molecule has 1 aliphatic rings. The first-order chi connectivity index (χ1) is 8.11. The third-order valence-corrected chi connectivity index (χ3v) is 3.21. The molecule has 0 spiro atoms. The number of rotatable bonds is 2. The molecule has 17 heavy (non-hydrogen) atoms. The Morgan fingerprint density at radius 3 is 2.18 bits per heavy atom.